The zero-order valence-corrected chi connectivity index (χ0v) is 18.2. The monoisotopic (exact) mass is 436 g/mol. The largest absolute Gasteiger partial charge is 0.465 e. The van der Waals surface area contributed by atoms with Crippen LogP contribution < -0.4 is 0 Å². The lowest BCUT2D eigenvalue weighted by Crippen LogP contribution is -2.25. The molecule has 3 rings (SSSR count). The van der Waals surface area contributed by atoms with Gasteiger partial charge in [-0.15, -0.1) is 32.9 Å². The first-order valence-electron chi connectivity index (χ1n) is 8.76. The lowest BCUT2D eigenvalue weighted by atomic mass is 10.1. The Morgan fingerprint density at radius 2 is 2.11 bits per heavy atom. The van der Waals surface area contributed by atoms with Gasteiger partial charge < -0.3 is 9.30 Å². The molecule has 7 nitrogen and oxygen atoms in total. The number of thiophene rings is 1. The average molecular weight is 437 g/mol. The molecule has 0 amide bonds. The van der Waals surface area contributed by atoms with Gasteiger partial charge in [0.2, 0.25) is 0 Å². The van der Waals surface area contributed by atoms with Crippen LogP contribution in [0.3, 0.4) is 0 Å². The fraction of sp³-hybridized carbons (Fsp3) is 0.389. The Labute approximate surface area is 175 Å². The summed E-state index contributed by atoms with van der Waals surface area (Å²) in [5.41, 5.74) is 0.779. The van der Waals surface area contributed by atoms with Gasteiger partial charge in [-0.25, -0.2) is 4.98 Å². The second-order valence-corrected chi connectivity index (χ2v) is 8.57. The summed E-state index contributed by atoms with van der Waals surface area (Å²) in [4.78, 5) is 30.6. The van der Waals surface area contributed by atoms with Crippen molar-refractivity contribution in [3.05, 3.63) is 33.6 Å². The first kappa shape index (κ1) is 20.7. The van der Waals surface area contributed by atoms with Crippen LogP contribution in [-0.4, -0.2) is 43.9 Å². The highest BCUT2D eigenvalue weighted by Gasteiger charge is 2.32. The van der Waals surface area contributed by atoms with Gasteiger partial charge in [-0.1, -0.05) is 17.8 Å². The van der Waals surface area contributed by atoms with Crippen LogP contribution in [0.5, 0.6) is 0 Å². The number of aromatic nitrogens is 4. The number of esters is 1. The lowest BCUT2D eigenvalue weighted by molar-refractivity contribution is -0.147. The van der Waals surface area contributed by atoms with Crippen LogP contribution in [0.15, 0.2) is 28.0 Å². The van der Waals surface area contributed by atoms with Crippen molar-refractivity contribution in [3.63, 3.8) is 0 Å². The molecule has 28 heavy (non-hydrogen) atoms. The topological polar surface area (TPSA) is 87.0 Å². The predicted molar refractivity (Wildman–Crippen MR) is 111 cm³/mol. The fourth-order valence-corrected chi connectivity index (χ4v) is 5.12. The first-order valence-corrected chi connectivity index (χ1v) is 11.5. The smallest absolute Gasteiger partial charge is 0.323 e. The van der Waals surface area contributed by atoms with E-state index in [1.165, 1.54) is 23.1 Å². The van der Waals surface area contributed by atoms with Crippen molar-refractivity contribution >= 4 is 46.2 Å². The first-order chi connectivity index (χ1) is 13.5. The molecule has 0 aliphatic heterocycles. The van der Waals surface area contributed by atoms with Gasteiger partial charge in [0.25, 0.3) is 0 Å². The molecular weight excluding hydrogens is 416 g/mol. The van der Waals surface area contributed by atoms with E-state index < -0.39 is 11.9 Å². The van der Waals surface area contributed by atoms with Crippen LogP contribution in [0.4, 0.5) is 0 Å². The molecule has 3 aromatic rings. The molecule has 3 aromatic heterocycles. The van der Waals surface area contributed by atoms with Gasteiger partial charge in [-0.05, 0) is 32.2 Å². The molecular formula is C18H20N4O3S3. The van der Waals surface area contributed by atoms with Gasteiger partial charge >= 0.3 is 5.97 Å². The van der Waals surface area contributed by atoms with Crippen molar-refractivity contribution in [3.8, 4) is 10.7 Å². The Balaban J connectivity index is 1.77. The summed E-state index contributed by atoms with van der Waals surface area (Å²) in [6, 6.07) is 3.95. The van der Waals surface area contributed by atoms with Gasteiger partial charge in [0.05, 0.1) is 17.2 Å². The standard InChI is InChI=1S/C18H20N4O3S3/c1-4-22-15(13-7-6-8-26-13)20-21-18(22)28-10-12(23)14(17(24)25-5-2)16-19-11(3)9-27-16/h6-9,14H,4-5,10H2,1-3H3/t14-/m0/s1. The second-order valence-electron chi connectivity index (χ2n) is 5.79. The van der Waals surface area contributed by atoms with E-state index >= 15 is 0 Å². The van der Waals surface area contributed by atoms with E-state index in [9.17, 15) is 9.59 Å². The number of hydrogen-bond acceptors (Lipinski definition) is 9. The van der Waals surface area contributed by atoms with Crippen LogP contribution >= 0.6 is 34.4 Å². The predicted octanol–water partition coefficient (Wildman–Crippen LogP) is 3.80. The van der Waals surface area contributed by atoms with E-state index in [1.54, 1.807) is 18.3 Å². The minimum absolute atomic E-state index is 0.0880. The summed E-state index contributed by atoms with van der Waals surface area (Å²) in [6.45, 7) is 6.46. The van der Waals surface area contributed by atoms with Crippen LogP contribution in [0.25, 0.3) is 10.7 Å². The third-order valence-corrected chi connectivity index (χ3v) is 6.73. The quantitative estimate of drug-likeness (QED) is 0.286. The molecule has 0 saturated heterocycles. The summed E-state index contributed by atoms with van der Waals surface area (Å²) in [5, 5.41) is 13.4. The van der Waals surface area contributed by atoms with Gasteiger partial charge in [-0.3, -0.25) is 9.59 Å². The molecule has 148 valence electrons. The molecule has 0 unspecified atom stereocenters. The van der Waals surface area contributed by atoms with E-state index in [1.807, 2.05) is 41.3 Å². The number of thiazole rings is 1. The SMILES string of the molecule is CCOC(=O)[C@@H](C(=O)CSc1nnc(-c2cccs2)n1CC)c1nc(C)cs1. The molecule has 0 N–H and O–H groups in total. The van der Waals surface area contributed by atoms with Crippen LogP contribution in [0, 0.1) is 6.92 Å². The molecule has 0 aliphatic rings. The Kier molecular flexibility index (Phi) is 6.97. The summed E-state index contributed by atoms with van der Waals surface area (Å²) in [7, 11) is 0. The third kappa shape index (κ3) is 4.50. The van der Waals surface area contributed by atoms with Gasteiger partial charge in [0, 0.05) is 17.6 Å². The molecule has 1 atom stereocenters. The van der Waals surface area contributed by atoms with Crippen LogP contribution in [-0.2, 0) is 20.9 Å². The molecule has 0 aliphatic carbocycles. The summed E-state index contributed by atoms with van der Waals surface area (Å²) >= 11 is 4.16. The zero-order chi connectivity index (χ0) is 20.1. The number of hydrogen-bond donors (Lipinski definition) is 0. The van der Waals surface area contributed by atoms with Crippen molar-refractivity contribution in [2.45, 2.75) is 38.4 Å². The number of rotatable bonds is 9. The molecule has 10 heteroatoms. The maximum absolute atomic E-state index is 12.9. The highest BCUT2D eigenvalue weighted by atomic mass is 32.2. The number of Topliss-reactive ketones (excluding diaryl/α,β-unsaturated/α-hetero) is 1. The Bertz CT molecular complexity index is 949. The minimum Gasteiger partial charge on any atom is -0.465 e. The number of ether oxygens (including phenoxy) is 1. The summed E-state index contributed by atoms with van der Waals surface area (Å²) in [5.74, 6) is -0.935. The van der Waals surface area contributed by atoms with E-state index in [4.69, 9.17) is 4.74 Å². The second kappa shape index (κ2) is 9.44. The molecule has 0 aromatic carbocycles. The van der Waals surface area contributed by atoms with Crippen LogP contribution in [0.1, 0.15) is 30.5 Å². The number of ketones is 1. The lowest BCUT2D eigenvalue weighted by Gasteiger charge is -2.12. The number of thioether (sulfide) groups is 1. The fourth-order valence-electron chi connectivity index (χ4n) is 2.59. The van der Waals surface area contributed by atoms with Gasteiger partial charge in [0.15, 0.2) is 22.7 Å². The number of aryl methyl sites for hydroxylation is 1. The molecule has 0 fully saturated rings. The molecule has 0 radical (unpaired) electrons. The maximum Gasteiger partial charge on any atom is 0.323 e. The highest BCUT2D eigenvalue weighted by Crippen LogP contribution is 2.29. The minimum atomic E-state index is -0.999. The zero-order valence-electron chi connectivity index (χ0n) is 15.7. The Hall–Kier alpha value is -2.04. The number of carbonyl (C=O) groups is 2. The summed E-state index contributed by atoms with van der Waals surface area (Å²) < 4.78 is 7.07. The van der Waals surface area contributed by atoms with Crippen molar-refractivity contribution in [2.24, 2.45) is 0 Å². The van der Waals surface area contributed by atoms with Gasteiger partial charge in [0.1, 0.15) is 5.01 Å². The van der Waals surface area contributed by atoms with E-state index in [2.05, 4.69) is 15.2 Å². The Morgan fingerprint density at radius 3 is 2.71 bits per heavy atom. The average Bonchev–Trinajstić information content (AvgIpc) is 3.40. The Morgan fingerprint density at radius 1 is 1.29 bits per heavy atom. The van der Waals surface area contributed by atoms with Gasteiger partial charge in [-0.2, -0.15) is 0 Å². The molecule has 0 saturated carbocycles. The van der Waals surface area contributed by atoms with Crippen molar-refractivity contribution in [1.29, 1.82) is 0 Å². The van der Waals surface area contributed by atoms with E-state index in [-0.39, 0.29) is 18.1 Å². The maximum atomic E-state index is 12.9. The van der Waals surface area contributed by atoms with E-state index in [0.717, 1.165) is 16.4 Å². The third-order valence-electron chi connectivity index (χ3n) is 3.85. The van der Waals surface area contributed by atoms with E-state index in [0.29, 0.717) is 16.7 Å². The molecule has 3 heterocycles. The summed E-state index contributed by atoms with van der Waals surface area (Å²) in [6.07, 6.45) is 0. The normalized spacial score (nSPS) is 12.1. The number of nitrogens with zero attached hydrogens (tertiary/aromatic N) is 4. The van der Waals surface area contributed by atoms with Crippen molar-refractivity contribution < 1.29 is 14.3 Å². The molecule has 0 spiro atoms. The van der Waals surface area contributed by atoms with Crippen LogP contribution in [0.2, 0.25) is 0 Å². The number of carbonyl (C=O) groups excluding carboxylic acids is 2. The molecule has 0 bridgehead atoms. The van der Waals surface area contributed by atoms with Crippen molar-refractivity contribution in [2.75, 3.05) is 12.4 Å². The van der Waals surface area contributed by atoms with Crippen molar-refractivity contribution in [1.82, 2.24) is 19.7 Å². The highest BCUT2D eigenvalue weighted by molar-refractivity contribution is 7.99.